The van der Waals surface area contributed by atoms with E-state index in [-0.39, 0.29) is 5.97 Å². The van der Waals surface area contributed by atoms with Gasteiger partial charge < -0.3 is 9.14 Å². The molecule has 0 aliphatic carbocycles. The summed E-state index contributed by atoms with van der Waals surface area (Å²) in [6.07, 6.45) is 0. The maximum absolute atomic E-state index is 13.1. The summed E-state index contributed by atoms with van der Waals surface area (Å²) in [7, 11) is 1.44. The van der Waals surface area contributed by atoms with Crippen LogP contribution in [0.1, 0.15) is 10.4 Å². The Hall–Kier alpha value is -4.37. The molecule has 0 saturated carbocycles. The molecular formula is C30H21NO2. The van der Waals surface area contributed by atoms with Gasteiger partial charge in [0.1, 0.15) is 0 Å². The molecule has 2 aromatic heterocycles. The van der Waals surface area contributed by atoms with Gasteiger partial charge in [0.05, 0.1) is 29.4 Å². The Labute approximate surface area is 191 Å². The van der Waals surface area contributed by atoms with Crippen molar-refractivity contribution in [3.05, 3.63) is 115 Å². The van der Waals surface area contributed by atoms with Gasteiger partial charge in [0.15, 0.2) is 0 Å². The highest BCUT2D eigenvalue weighted by molar-refractivity contribution is 6.21. The van der Waals surface area contributed by atoms with Gasteiger partial charge in [-0.2, -0.15) is 0 Å². The topological polar surface area (TPSA) is 30.7 Å². The zero-order valence-corrected chi connectivity index (χ0v) is 18.2. The lowest BCUT2D eigenvalue weighted by Gasteiger charge is -2.19. The zero-order valence-electron chi connectivity index (χ0n) is 18.2. The third-order valence-corrected chi connectivity index (χ3v) is 6.29. The monoisotopic (exact) mass is 427 g/mol. The molecule has 3 nitrogen and oxygen atoms in total. The van der Waals surface area contributed by atoms with E-state index in [9.17, 15) is 4.79 Å². The highest BCUT2D eigenvalue weighted by Crippen LogP contribution is 2.44. The van der Waals surface area contributed by atoms with Gasteiger partial charge in [0.2, 0.25) is 0 Å². The molecule has 6 aromatic rings. The first-order valence-electron chi connectivity index (χ1n) is 11.0. The zero-order chi connectivity index (χ0) is 22.4. The molecule has 33 heavy (non-hydrogen) atoms. The van der Waals surface area contributed by atoms with Gasteiger partial charge >= 0.3 is 5.97 Å². The number of pyridine rings is 1. The third-order valence-electron chi connectivity index (χ3n) is 6.29. The van der Waals surface area contributed by atoms with E-state index in [2.05, 4.69) is 77.2 Å². The summed E-state index contributed by atoms with van der Waals surface area (Å²) in [6, 6.07) is 37.2. The molecule has 0 aliphatic rings. The number of ether oxygens (including phenoxy) is 1. The number of aromatic nitrogens is 1. The Balaban J connectivity index is 1.97. The Morgan fingerprint density at radius 3 is 1.85 bits per heavy atom. The maximum Gasteiger partial charge on any atom is 0.340 e. The van der Waals surface area contributed by atoms with Crippen molar-refractivity contribution in [2.75, 3.05) is 7.11 Å². The van der Waals surface area contributed by atoms with Crippen LogP contribution in [0, 0.1) is 0 Å². The molecule has 3 heteroatoms. The van der Waals surface area contributed by atoms with Crippen LogP contribution in [-0.2, 0) is 4.74 Å². The SMILES string of the molecule is COC(=O)c1c2ccccc2n2c(-c3ccccc3)c(-c3ccccc3)c3ccccc3c12. The fourth-order valence-electron chi connectivity index (χ4n) is 4.95. The summed E-state index contributed by atoms with van der Waals surface area (Å²) < 4.78 is 7.51. The van der Waals surface area contributed by atoms with Crippen LogP contribution >= 0.6 is 0 Å². The molecule has 0 atom stereocenters. The van der Waals surface area contributed by atoms with Crippen molar-refractivity contribution < 1.29 is 9.53 Å². The smallest absolute Gasteiger partial charge is 0.340 e. The van der Waals surface area contributed by atoms with Crippen molar-refractivity contribution in [2.24, 2.45) is 0 Å². The Morgan fingerprint density at radius 2 is 1.18 bits per heavy atom. The number of carbonyl (C=O) groups is 1. The predicted molar refractivity (Wildman–Crippen MR) is 135 cm³/mol. The number of rotatable bonds is 3. The number of para-hydroxylation sites is 1. The van der Waals surface area contributed by atoms with Crippen LogP contribution in [0.5, 0.6) is 0 Å². The van der Waals surface area contributed by atoms with E-state index in [0.29, 0.717) is 5.56 Å². The van der Waals surface area contributed by atoms with Crippen LogP contribution < -0.4 is 0 Å². The summed E-state index contributed by atoms with van der Waals surface area (Å²) in [6.45, 7) is 0. The normalized spacial score (nSPS) is 11.3. The van der Waals surface area contributed by atoms with Crippen LogP contribution in [0.3, 0.4) is 0 Å². The third kappa shape index (κ3) is 2.86. The molecule has 0 saturated heterocycles. The number of nitrogens with zero attached hydrogens (tertiary/aromatic N) is 1. The summed E-state index contributed by atoms with van der Waals surface area (Å²) >= 11 is 0. The lowest BCUT2D eigenvalue weighted by Crippen LogP contribution is -2.03. The van der Waals surface area contributed by atoms with Crippen molar-refractivity contribution in [1.82, 2.24) is 4.40 Å². The minimum absolute atomic E-state index is 0.328. The molecule has 6 rings (SSSR count). The Morgan fingerprint density at radius 1 is 0.636 bits per heavy atom. The van der Waals surface area contributed by atoms with E-state index in [0.717, 1.165) is 49.6 Å². The molecule has 0 bridgehead atoms. The number of esters is 1. The first kappa shape index (κ1) is 19.3. The van der Waals surface area contributed by atoms with E-state index in [1.165, 1.54) is 7.11 Å². The summed E-state index contributed by atoms with van der Waals surface area (Å²) in [5, 5.41) is 3.01. The molecule has 0 unspecified atom stereocenters. The van der Waals surface area contributed by atoms with Gasteiger partial charge in [-0.3, -0.25) is 0 Å². The van der Waals surface area contributed by atoms with Crippen molar-refractivity contribution >= 4 is 33.2 Å². The van der Waals surface area contributed by atoms with Crippen LogP contribution in [-0.4, -0.2) is 17.5 Å². The number of hydrogen-bond acceptors (Lipinski definition) is 2. The molecule has 0 spiro atoms. The van der Waals surface area contributed by atoms with E-state index < -0.39 is 0 Å². The van der Waals surface area contributed by atoms with Gasteiger partial charge in [-0.1, -0.05) is 103 Å². The molecule has 2 heterocycles. The highest BCUT2D eigenvalue weighted by Gasteiger charge is 2.26. The van der Waals surface area contributed by atoms with Crippen LogP contribution in [0.25, 0.3) is 49.6 Å². The van der Waals surface area contributed by atoms with Gasteiger partial charge in [-0.25, -0.2) is 4.79 Å². The van der Waals surface area contributed by atoms with Crippen LogP contribution in [0.4, 0.5) is 0 Å². The number of methoxy groups -OCH3 is 1. The standard InChI is InChI=1S/C30H21NO2/c1-33-30(32)27-24-18-10-11-19-25(24)31-28(21-14-6-3-7-15-21)26(20-12-4-2-5-13-20)22-16-8-9-17-23(22)29(27)31/h2-19H,1H3. The number of hydrogen-bond donors (Lipinski definition) is 0. The van der Waals surface area contributed by atoms with Gasteiger partial charge in [-0.15, -0.1) is 0 Å². The fraction of sp³-hybridized carbons (Fsp3) is 0.0333. The van der Waals surface area contributed by atoms with E-state index in [1.807, 2.05) is 36.4 Å². The first-order chi connectivity index (χ1) is 16.3. The molecular weight excluding hydrogens is 406 g/mol. The van der Waals surface area contributed by atoms with Gasteiger partial charge in [0.25, 0.3) is 0 Å². The molecule has 0 fully saturated rings. The minimum Gasteiger partial charge on any atom is -0.465 e. The average molecular weight is 428 g/mol. The lowest BCUT2D eigenvalue weighted by molar-refractivity contribution is 0.0605. The average Bonchev–Trinajstić information content (AvgIpc) is 3.24. The summed E-state index contributed by atoms with van der Waals surface area (Å²) in [4.78, 5) is 13.1. The second-order valence-corrected chi connectivity index (χ2v) is 8.07. The first-order valence-corrected chi connectivity index (χ1v) is 11.0. The van der Waals surface area contributed by atoms with Crippen molar-refractivity contribution in [1.29, 1.82) is 0 Å². The number of fused-ring (bicyclic) bond motifs is 5. The quantitative estimate of drug-likeness (QED) is 0.276. The second kappa shape index (κ2) is 7.64. The largest absolute Gasteiger partial charge is 0.465 e. The van der Waals surface area contributed by atoms with Crippen LogP contribution in [0.15, 0.2) is 109 Å². The second-order valence-electron chi connectivity index (χ2n) is 8.07. The van der Waals surface area contributed by atoms with Crippen molar-refractivity contribution in [3.8, 4) is 22.4 Å². The highest BCUT2D eigenvalue weighted by atomic mass is 16.5. The van der Waals surface area contributed by atoms with E-state index in [4.69, 9.17) is 4.74 Å². The number of carbonyl (C=O) groups excluding carboxylic acids is 1. The molecule has 158 valence electrons. The summed E-state index contributed by atoms with van der Waals surface area (Å²) in [5.74, 6) is -0.328. The van der Waals surface area contributed by atoms with Crippen molar-refractivity contribution in [3.63, 3.8) is 0 Å². The molecule has 0 radical (unpaired) electrons. The minimum atomic E-state index is -0.328. The van der Waals surface area contributed by atoms with Gasteiger partial charge in [-0.05, 0) is 22.6 Å². The Kier molecular flexibility index (Phi) is 4.48. The van der Waals surface area contributed by atoms with Gasteiger partial charge in [0, 0.05) is 16.3 Å². The molecule has 0 amide bonds. The molecule has 4 aromatic carbocycles. The predicted octanol–water partition coefficient (Wildman–Crippen LogP) is 7.37. The lowest BCUT2D eigenvalue weighted by atomic mass is 9.92. The summed E-state index contributed by atoms with van der Waals surface area (Å²) in [5.41, 5.74) is 6.87. The van der Waals surface area contributed by atoms with Crippen LogP contribution in [0.2, 0.25) is 0 Å². The van der Waals surface area contributed by atoms with E-state index in [1.54, 1.807) is 0 Å². The fourth-order valence-corrected chi connectivity index (χ4v) is 4.95. The molecule has 0 N–H and O–H groups in total. The van der Waals surface area contributed by atoms with E-state index >= 15 is 0 Å². The Bertz CT molecular complexity index is 1650. The molecule has 0 aliphatic heterocycles. The number of benzene rings is 4. The van der Waals surface area contributed by atoms with Crippen molar-refractivity contribution in [2.45, 2.75) is 0 Å². The maximum atomic E-state index is 13.1.